The highest BCUT2D eigenvalue weighted by Crippen LogP contribution is 2.36. The molecule has 1 aromatic rings. The number of pyridine rings is 1. The van der Waals surface area contributed by atoms with Gasteiger partial charge in [-0.05, 0) is 58.1 Å². The van der Waals surface area contributed by atoms with Crippen molar-refractivity contribution >= 4 is 29.6 Å². The Hall–Kier alpha value is -3.58. The lowest BCUT2D eigenvalue weighted by atomic mass is 9.86. The summed E-state index contributed by atoms with van der Waals surface area (Å²) in [6.07, 6.45) is 6.69. The number of aromatic nitrogens is 1. The van der Waals surface area contributed by atoms with Gasteiger partial charge in [-0.25, -0.2) is 0 Å². The molecule has 13 nitrogen and oxygen atoms in total. The van der Waals surface area contributed by atoms with Gasteiger partial charge in [0, 0.05) is 57.8 Å². The maximum atomic E-state index is 12.8. The molecule has 0 bridgehead atoms. The Bertz CT molecular complexity index is 1130. The van der Waals surface area contributed by atoms with Gasteiger partial charge in [0.25, 0.3) is 0 Å². The maximum absolute atomic E-state index is 12.8. The molecule has 2 atom stereocenters. The molecule has 45 heavy (non-hydrogen) atoms. The van der Waals surface area contributed by atoms with Crippen LogP contribution < -0.4 is 16.0 Å². The van der Waals surface area contributed by atoms with E-state index in [2.05, 4.69) is 20.9 Å². The van der Waals surface area contributed by atoms with E-state index in [9.17, 15) is 24.0 Å². The van der Waals surface area contributed by atoms with Gasteiger partial charge in [0.15, 0.2) is 0 Å². The second kappa shape index (κ2) is 17.8. The number of rotatable bonds is 16. The first-order valence-corrected chi connectivity index (χ1v) is 15.8. The third-order valence-corrected chi connectivity index (χ3v) is 7.85. The zero-order valence-corrected chi connectivity index (χ0v) is 27.0. The molecule has 2 aliphatic rings. The molecular formula is C32H49N5O8. The zero-order valence-electron chi connectivity index (χ0n) is 27.0. The smallest absolute Gasteiger partial charge is 0.309 e. The van der Waals surface area contributed by atoms with Crippen LogP contribution in [0.1, 0.15) is 77.3 Å². The molecule has 1 saturated carbocycles. The summed E-state index contributed by atoms with van der Waals surface area (Å²) in [7, 11) is 1.68. The molecule has 0 radical (unpaired) electrons. The molecule has 13 heteroatoms. The summed E-state index contributed by atoms with van der Waals surface area (Å²) in [5.41, 5.74) is 0.307. The maximum Gasteiger partial charge on any atom is 0.309 e. The van der Waals surface area contributed by atoms with Crippen molar-refractivity contribution in [2.45, 2.75) is 83.4 Å². The summed E-state index contributed by atoms with van der Waals surface area (Å²) in [6, 6.07) is 3.30. The average molecular weight is 632 g/mol. The molecule has 3 N–H and O–H groups in total. The van der Waals surface area contributed by atoms with Crippen LogP contribution in [0.2, 0.25) is 0 Å². The molecule has 1 saturated heterocycles. The van der Waals surface area contributed by atoms with Crippen molar-refractivity contribution < 1.29 is 38.2 Å². The van der Waals surface area contributed by atoms with Crippen LogP contribution >= 0.6 is 0 Å². The number of nitrogens with zero attached hydrogens (tertiary/aromatic N) is 2. The Morgan fingerprint density at radius 1 is 0.933 bits per heavy atom. The minimum absolute atomic E-state index is 0.0655. The lowest BCUT2D eigenvalue weighted by Crippen LogP contribution is -2.40. The van der Waals surface area contributed by atoms with E-state index in [1.807, 2.05) is 26.8 Å². The van der Waals surface area contributed by atoms with E-state index in [1.54, 1.807) is 30.4 Å². The normalized spacial score (nSPS) is 21.7. The minimum atomic E-state index is -0.544. The van der Waals surface area contributed by atoms with Crippen LogP contribution in [0.5, 0.6) is 0 Å². The molecule has 1 aliphatic heterocycles. The first-order chi connectivity index (χ1) is 21.4. The summed E-state index contributed by atoms with van der Waals surface area (Å²) >= 11 is 0. The Balaban J connectivity index is 1.16. The van der Waals surface area contributed by atoms with Crippen molar-refractivity contribution in [3.8, 4) is 0 Å². The van der Waals surface area contributed by atoms with Gasteiger partial charge in [-0.1, -0.05) is 6.07 Å². The number of carbonyl (C=O) groups excluding carboxylic acids is 5. The van der Waals surface area contributed by atoms with E-state index in [4.69, 9.17) is 14.2 Å². The van der Waals surface area contributed by atoms with Crippen LogP contribution in [0.4, 0.5) is 0 Å². The molecule has 4 amide bonds. The van der Waals surface area contributed by atoms with Gasteiger partial charge in [-0.15, -0.1) is 0 Å². The highest BCUT2D eigenvalue weighted by atomic mass is 16.6. The van der Waals surface area contributed by atoms with Crippen molar-refractivity contribution in [1.82, 2.24) is 25.8 Å². The Morgan fingerprint density at radius 2 is 1.64 bits per heavy atom. The molecule has 1 aliphatic carbocycles. The molecule has 250 valence electrons. The fourth-order valence-corrected chi connectivity index (χ4v) is 5.54. The number of ether oxygens (including phenoxy) is 3. The fourth-order valence-electron chi connectivity index (χ4n) is 5.54. The van der Waals surface area contributed by atoms with Crippen LogP contribution in [0.25, 0.3) is 0 Å². The standard InChI is InChI=1S/C32H49N5O8/c1-32(2,3)45-31(42)22-7-9-24(10-8-22)36-27(39)12-16-43-18-19-44-17-15-34-26(38)11-14-35-30(41)25-20-28(40)37(4)29(25)23-6-5-13-33-21-23/h5-6,13,21-22,24-25,29H,7-12,14-20H2,1-4H3,(H,34,38)(H,35,41)(H,36,39)/t22?,24?,25-,29+/m0/s1. The quantitative estimate of drug-likeness (QED) is 0.182. The number of nitrogens with one attached hydrogen (secondary N) is 3. The third-order valence-electron chi connectivity index (χ3n) is 7.85. The monoisotopic (exact) mass is 631 g/mol. The molecule has 0 aromatic carbocycles. The number of likely N-dealkylation sites (tertiary alicyclic amines) is 1. The first-order valence-electron chi connectivity index (χ1n) is 15.8. The molecule has 2 heterocycles. The molecule has 0 spiro atoms. The van der Waals surface area contributed by atoms with Crippen molar-refractivity contribution in [3.63, 3.8) is 0 Å². The SMILES string of the molecule is CN1C(=O)C[C@H](C(=O)NCCC(=O)NCCOCCOCCC(=O)NC2CCC(C(=O)OC(C)(C)C)CC2)[C@H]1c1cccnc1. The first kappa shape index (κ1) is 35.9. The van der Waals surface area contributed by atoms with Gasteiger partial charge in [0.05, 0.1) is 44.3 Å². The zero-order chi connectivity index (χ0) is 32.8. The number of esters is 1. The van der Waals surface area contributed by atoms with Crippen LogP contribution in [0.15, 0.2) is 24.5 Å². The molecule has 0 unspecified atom stereocenters. The van der Waals surface area contributed by atoms with Crippen LogP contribution in [0, 0.1) is 11.8 Å². The lowest BCUT2D eigenvalue weighted by Gasteiger charge is -2.30. The highest BCUT2D eigenvalue weighted by Gasteiger charge is 2.42. The van der Waals surface area contributed by atoms with Gasteiger partial charge < -0.3 is 35.1 Å². The summed E-state index contributed by atoms with van der Waals surface area (Å²) in [5.74, 6) is -1.48. The number of carbonyl (C=O) groups is 5. The van der Waals surface area contributed by atoms with Gasteiger partial charge in [0.2, 0.25) is 23.6 Å². The predicted octanol–water partition coefficient (Wildman–Crippen LogP) is 1.66. The van der Waals surface area contributed by atoms with Crippen molar-refractivity contribution in [1.29, 1.82) is 0 Å². The Morgan fingerprint density at radius 3 is 2.31 bits per heavy atom. The average Bonchev–Trinajstić information content (AvgIpc) is 3.29. The van der Waals surface area contributed by atoms with Crippen molar-refractivity contribution in [2.75, 3.05) is 46.6 Å². The van der Waals surface area contributed by atoms with Crippen LogP contribution in [0.3, 0.4) is 0 Å². The number of hydrogen-bond acceptors (Lipinski definition) is 9. The second-order valence-corrected chi connectivity index (χ2v) is 12.6. The van der Waals surface area contributed by atoms with Crippen molar-refractivity contribution in [3.05, 3.63) is 30.1 Å². The van der Waals surface area contributed by atoms with Gasteiger partial charge in [0.1, 0.15) is 5.60 Å². The van der Waals surface area contributed by atoms with Gasteiger partial charge in [-0.3, -0.25) is 29.0 Å². The van der Waals surface area contributed by atoms with Gasteiger partial charge >= 0.3 is 5.97 Å². The third kappa shape index (κ3) is 12.4. The summed E-state index contributed by atoms with van der Waals surface area (Å²) < 4.78 is 16.4. The van der Waals surface area contributed by atoms with E-state index in [1.165, 1.54) is 0 Å². The molecule has 3 rings (SSSR count). The van der Waals surface area contributed by atoms with Crippen LogP contribution in [-0.2, 0) is 38.2 Å². The number of hydrogen-bond donors (Lipinski definition) is 3. The molecular weight excluding hydrogens is 582 g/mol. The Kier molecular flexibility index (Phi) is 14.2. The summed E-state index contributed by atoms with van der Waals surface area (Å²) in [6.45, 7) is 7.30. The molecule has 1 aromatic heterocycles. The predicted molar refractivity (Wildman–Crippen MR) is 164 cm³/mol. The minimum Gasteiger partial charge on any atom is -0.460 e. The van der Waals surface area contributed by atoms with E-state index >= 15 is 0 Å². The number of amides is 4. The van der Waals surface area contributed by atoms with Crippen molar-refractivity contribution in [2.24, 2.45) is 11.8 Å². The summed E-state index contributed by atoms with van der Waals surface area (Å²) in [5, 5.41) is 8.54. The Labute approximate surface area is 265 Å². The largest absolute Gasteiger partial charge is 0.460 e. The van der Waals surface area contributed by atoms with E-state index in [-0.39, 0.29) is 80.0 Å². The van der Waals surface area contributed by atoms with E-state index in [0.29, 0.717) is 39.2 Å². The van der Waals surface area contributed by atoms with E-state index < -0.39 is 11.5 Å². The van der Waals surface area contributed by atoms with Gasteiger partial charge in [-0.2, -0.15) is 0 Å². The fraction of sp³-hybridized carbons (Fsp3) is 0.688. The van der Waals surface area contributed by atoms with E-state index in [0.717, 1.165) is 18.4 Å². The topological polar surface area (TPSA) is 165 Å². The second-order valence-electron chi connectivity index (χ2n) is 12.6. The van der Waals surface area contributed by atoms with Crippen LogP contribution in [-0.4, -0.2) is 97.7 Å². The highest BCUT2D eigenvalue weighted by molar-refractivity contribution is 5.90. The molecule has 2 fully saturated rings. The summed E-state index contributed by atoms with van der Waals surface area (Å²) in [4.78, 5) is 67.3. The lowest BCUT2D eigenvalue weighted by molar-refractivity contribution is -0.161.